The number of hydrogen-bond donors (Lipinski definition) is 2. The predicted octanol–water partition coefficient (Wildman–Crippen LogP) is 2.41. The van der Waals surface area contributed by atoms with E-state index in [9.17, 15) is 22.7 Å². The molecule has 1 amide bonds. The van der Waals surface area contributed by atoms with Gasteiger partial charge in [0.25, 0.3) is 10.0 Å². The molecule has 1 aromatic heterocycles. The van der Waals surface area contributed by atoms with E-state index in [0.717, 1.165) is 0 Å². The van der Waals surface area contributed by atoms with Crippen LogP contribution in [0.3, 0.4) is 0 Å². The zero-order chi connectivity index (χ0) is 25.7. The van der Waals surface area contributed by atoms with Crippen LogP contribution in [-0.2, 0) is 28.4 Å². The van der Waals surface area contributed by atoms with Gasteiger partial charge in [0, 0.05) is 51.4 Å². The third kappa shape index (κ3) is 5.92. The van der Waals surface area contributed by atoms with Crippen molar-refractivity contribution in [3.05, 3.63) is 78.0 Å². The van der Waals surface area contributed by atoms with Gasteiger partial charge in [-0.3, -0.25) is 9.69 Å². The minimum absolute atomic E-state index is 0.0409. The molecule has 0 spiro atoms. The number of carbonyl (C=O) groups excluding carboxylic acids is 1. The van der Waals surface area contributed by atoms with E-state index in [1.807, 2.05) is 35.2 Å². The number of para-hydroxylation sites is 1. The molecule has 1 unspecified atom stereocenters. The predicted molar refractivity (Wildman–Crippen MR) is 132 cm³/mol. The number of phenolic OH excluding ortho intramolecular Hbond substituents is 1. The average Bonchev–Trinajstić information content (AvgIpc) is 3.29. The number of nitrogens with zero attached hydrogens (tertiary/aromatic N) is 4. The van der Waals surface area contributed by atoms with Crippen molar-refractivity contribution >= 4 is 15.9 Å². The Kier molecular flexibility index (Phi) is 8.02. The third-order valence-corrected chi connectivity index (χ3v) is 8.03. The van der Waals surface area contributed by atoms with Crippen molar-refractivity contribution < 1.29 is 22.7 Å². The smallest absolute Gasteiger partial charge is 0.262 e. The van der Waals surface area contributed by atoms with Gasteiger partial charge in [0.1, 0.15) is 0 Å². The molecule has 4 rings (SSSR count). The molecule has 0 radical (unpaired) electrons. The van der Waals surface area contributed by atoms with Gasteiger partial charge in [-0.25, -0.2) is 17.8 Å². The van der Waals surface area contributed by atoms with E-state index in [2.05, 4.69) is 10.3 Å². The van der Waals surface area contributed by atoms with E-state index in [1.54, 1.807) is 17.7 Å². The summed E-state index contributed by atoms with van der Waals surface area (Å²) in [6.45, 7) is 1.68. The highest BCUT2D eigenvalue weighted by Gasteiger charge is 2.35. The third-order valence-electron chi connectivity index (χ3n) is 6.23. The zero-order valence-electron chi connectivity index (χ0n) is 20.0. The summed E-state index contributed by atoms with van der Waals surface area (Å²) in [5.41, 5.74) is 1.14. The largest absolute Gasteiger partial charge is 0.505 e. The van der Waals surface area contributed by atoms with Crippen LogP contribution in [-0.4, -0.2) is 64.4 Å². The van der Waals surface area contributed by atoms with Gasteiger partial charge in [-0.05, 0) is 24.6 Å². The highest BCUT2D eigenvalue weighted by atomic mass is 32.2. The Labute approximate surface area is 210 Å². The van der Waals surface area contributed by atoms with Crippen LogP contribution >= 0.6 is 0 Å². The minimum atomic E-state index is -4.02. The summed E-state index contributed by atoms with van der Waals surface area (Å²) in [5, 5.41) is 12.9. The minimum Gasteiger partial charge on any atom is -0.505 e. The first-order chi connectivity index (χ1) is 17.3. The summed E-state index contributed by atoms with van der Waals surface area (Å²) in [6, 6.07) is 12.8. The molecule has 0 bridgehead atoms. The van der Waals surface area contributed by atoms with Crippen LogP contribution < -0.4 is 5.32 Å². The number of phenols is 1. The number of aryl methyl sites for hydroxylation is 1. The second kappa shape index (κ2) is 11.2. The Morgan fingerprint density at radius 2 is 1.89 bits per heavy atom. The number of sulfonamides is 1. The molecule has 2 heterocycles. The van der Waals surface area contributed by atoms with E-state index in [1.165, 1.54) is 29.0 Å². The van der Waals surface area contributed by atoms with Crippen molar-refractivity contribution in [2.75, 3.05) is 26.2 Å². The van der Waals surface area contributed by atoms with Crippen molar-refractivity contribution in [2.24, 2.45) is 7.05 Å². The maximum Gasteiger partial charge on any atom is 0.262 e. The van der Waals surface area contributed by atoms with Crippen molar-refractivity contribution in [3.8, 4) is 5.75 Å². The topological polar surface area (TPSA) is 108 Å². The van der Waals surface area contributed by atoms with Gasteiger partial charge in [-0.2, -0.15) is 4.31 Å². The Morgan fingerprint density at radius 1 is 1.11 bits per heavy atom. The fourth-order valence-electron chi connectivity index (χ4n) is 4.40. The zero-order valence-corrected chi connectivity index (χ0v) is 20.9. The van der Waals surface area contributed by atoms with Gasteiger partial charge < -0.3 is 15.0 Å². The van der Waals surface area contributed by atoms with Crippen LogP contribution in [0.15, 0.2) is 66.1 Å². The van der Waals surface area contributed by atoms with Crippen LogP contribution in [0.1, 0.15) is 30.0 Å². The van der Waals surface area contributed by atoms with Gasteiger partial charge >= 0.3 is 0 Å². The summed E-state index contributed by atoms with van der Waals surface area (Å²) in [5.74, 6) is -1.38. The fourth-order valence-corrected chi connectivity index (χ4v) is 6.02. The molecule has 9 nitrogen and oxygen atoms in total. The molecule has 192 valence electrons. The number of imidazole rings is 1. The number of rotatable bonds is 5. The van der Waals surface area contributed by atoms with Crippen LogP contribution in [0.5, 0.6) is 5.75 Å². The lowest BCUT2D eigenvalue weighted by Crippen LogP contribution is -2.39. The van der Waals surface area contributed by atoms with Crippen molar-refractivity contribution in [2.45, 2.75) is 30.5 Å². The van der Waals surface area contributed by atoms with Crippen LogP contribution in [0.25, 0.3) is 0 Å². The Hall–Kier alpha value is -3.28. The molecule has 2 aromatic carbocycles. The normalized spacial score (nSPS) is 18.9. The van der Waals surface area contributed by atoms with Gasteiger partial charge in [0.15, 0.2) is 16.6 Å². The van der Waals surface area contributed by atoms with E-state index in [0.29, 0.717) is 37.2 Å². The van der Waals surface area contributed by atoms with Crippen LogP contribution in [0.2, 0.25) is 0 Å². The fraction of sp³-hybridized carbons (Fsp3) is 0.360. The number of aromatic nitrogens is 2. The molecule has 0 saturated carbocycles. The number of hydrogen-bond acceptors (Lipinski definition) is 6. The van der Waals surface area contributed by atoms with E-state index < -0.39 is 27.6 Å². The average molecular weight is 516 g/mol. The summed E-state index contributed by atoms with van der Waals surface area (Å²) in [4.78, 5) is 18.9. The highest BCUT2D eigenvalue weighted by Crippen LogP contribution is 2.31. The number of amides is 1. The van der Waals surface area contributed by atoms with E-state index in [-0.39, 0.29) is 30.4 Å². The Morgan fingerprint density at radius 3 is 2.61 bits per heavy atom. The van der Waals surface area contributed by atoms with Crippen LogP contribution in [0, 0.1) is 5.82 Å². The molecule has 1 saturated heterocycles. The number of aromatic hydroxyl groups is 1. The molecule has 3 aromatic rings. The molecule has 11 heteroatoms. The molecule has 0 aliphatic carbocycles. The molecular weight excluding hydrogens is 485 g/mol. The van der Waals surface area contributed by atoms with Gasteiger partial charge in [-0.1, -0.05) is 42.5 Å². The maximum atomic E-state index is 13.8. The first-order valence-electron chi connectivity index (χ1n) is 11.8. The van der Waals surface area contributed by atoms with Crippen molar-refractivity contribution in [1.29, 1.82) is 0 Å². The van der Waals surface area contributed by atoms with Gasteiger partial charge in [0.05, 0.1) is 12.4 Å². The number of halogens is 1. The molecule has 1 fully saturated rings. The molecule has 1 aliphatic heterocycles. The van der Waals surface area contributed by atoms with Gasteiger partial charge in [0.2, 0.25) is 5.91 Å². The first kappa shape index (κ1) is 25.8. The standard InChI is InChI=1S/C25H30FN5O4S/c1-29-17-24(28-18-29)36(34,35)31-13-6-12-30(16-20-9-5-10-21(26)25(20)33)14-11-27-23(32)15-22(31)19-7-3-2-4-8-19/h2-5,7-10,17-18,22,33H,6,11-16H2,1H3,(H,27,32). The highest BCUT2D eigenvalue weighted by molar-refractivity contribution is 7.89. The lowest BCUT2D eigenvalue weighted by molar-refractivity contribution is -0.122. The molecular formula is C25H30FN5O4S. The first-order valence-corrected chi connectivity index (χ1v) is 13.2. The lowest BCUT2D eigenvalue weighted by atomic mass is 10.0. The quantitative estimate of drug-likeness (QED) is 0.541. The number of benzene rings is 2. The Bertz CT molecular complexity index is 1300. The van der Waals surface area contributed by atoms with Crippen molar-refractivity contribution in [1.82, 2.24) is 24.1 Å². The molecule has 2 N–H and O–H groups in total. The summed E-state index contributed by atoms with van der Waals surface area (Å²) < 4.78 is 44.2. The SMILES string of the molecule is Cn1cnc(S(=O)(=O)N2CCCN(Cc3cccc(F)c3O)CCNC(=O)CC2c2ccccc2)c1. The summed E-state index contributed by atoms with van der Waals surface area (Å²) in [7, 11) is -2.32. The lowest BCUT2D eigenvalue weighted by Gasteiger charge is -2.30. The Balaban J connectivity index is 1.65. The molecule has 1 aliphatic rings. The molecule has 1 atom stereocenters. The second-order valence-corrected chi connectivity index (χ2v) is 10.7. The van der Waals surface area contributed by atoms with E-state index >= 15 is 0 Å². The second-order valence-electron chi connectivity index (χ2n) is 8.85. The number of carbonyl (C=O) groups is 1. The maximum absolute atomic E-state index is 13.8. The monoisotopic (exact) mass is 515 g/mol. The number of nitrogens with one attached hydrogen (secondary N) is 1. The summed E-state index contributed by atoms with van der Waals surface area (Å²) >= 11 is 0. The van der Waals surface area contributed by atoms with Crippen LogP contribution in [0.4, 0.5) is 4.39 Å². The molecule has 36 heavy (non-hydrogen) atoms. The summed E-state index contributed by atoms with van der Waals surface area (Å²) in [6.07, 6.45) is 3.29. The van der Waals surface area contributed by atoms with Gasteiger partial charge in [-0.15, -0.1) is 0 Å². The van der Waals surface area contributed by atoms with E-state index in [4.69, 9.17) is 0 Å². The van der Waals surface area contributed by atoms with Crippen molar-refractivity contribution in [3.63, 3.8) is 0 Å².